The number of hydrogen-bond donors (Lipinski definition) is 0. The van der Waals surface area contributed by atoms with E-state index in [0.29, 0.717) is 11.8 Å². The van der Waals surface area contributed by atoms with Gasteiger partial charge >= 0.3 is 0 Å². The molecule has 0 amide bonds. The molecule has 4 aromatic carbocycles. The Kier molecular flexibility index (Phi) is 4.78. The van der Waals surface area contributed by atoms with E-state index < -0.39 is 0 Å². The molecule has 0 radical (unpaired) electrons. The molecule has 2 unspecified atom stereocenters. The van der Waals surface area contributed by atoms with Gasteiger partial charge in [-0.05, 0) is 58.1 Å². The lowest BCUT2D eigenvalue weighted by molar-refractivity contribution is 0.626. The highest BCUT2D eigenvalue weighted by molar-refractivity contribution is 7.18. The summed E-state index contributed by atoms with van der Waals surface area (Å²) < 4.78 is 0. The molecule has 0 N–H and O–H groups in total. The van der Waals surface area contributed by atoms with E-state index in [1.807, 2.05) is 11.3 Å². The number of hydrogen-bond acceptors (Lipinski definition) is 1. The zero-order valence-corrected chi connectivity index (χ0v) is 18.8. The zero-order valence-electron chi connectivity index (χ0n) is 18.0. The van der Waals surface area contributed by atoms with Gasteiger partial charge in [0.2, 0.25) is 0 Å². The number of fused-ring (bicyclic) bond motifs is 1. The SMILES string of the molecule is CC1=CC(c2cccc(-c3ccc(-c4cccc5ccccc45)s3)c2)C1c1ccccc1. The molecule has 0 nitrogen and oxygen atoms in total. The number of benzene rings is 4. The minimum absolute atomic E-state index is 0.454. The molecule has 0 spiro atoms. The molecule has 0 saturated carbocycles. The minimum atomic E-state index is 0.454. The van der Waals surface area contributed by atoms with Gasteiger partial charge in [-0.15, -0.1) is 11.3 Å². The molecule has 1 aromatic heterocycles. The Labute approximate surface area is 193 Å². The van der Waals surface area contributed by atoms with Crippen molar-refractivity contribution < 1.29 is 0 Å². The molecule has 5 aromatic rings. The largest absolute Gasteiger partial charge is 0.135 e. The Hall–Kier alpha value is -3.42. The van der Waals surface area contributed by atoms with Crippen LogP contribution in [-0.4, -0.2) is 0 Å². The lowest BCUT2D eigenvalue weighted by Gasteiger charge is -2.35. The summed E-state index contributed by atoms with van der Waals surface area (Å²) in [7, 11) is 0. The molecule has 1 heterocycles. The van der Waals surface area contributed by atoms with Crippen molar-refractivity contribution in [2.75, 3.05) is 0 Å². The van der Waals surface area contributed by atoms with Crippen LogP contribution in [-0.2, 0) is 0 Å². The summed E-state index contributed by atoms with van der Waals surface area (Å²) >= 11 is 1.88. The molecule has 0 saturated heterocycles. The van der Waals surface area contributed by atoms with Crippen molar-refractivity contribution in [3.8, 4) is 20.9 Å². The summed E-state index contributed by atoms with van der Waals surface area (Å²) in [6.07, 6.45) is 2.42. The second-order valence-electron chi connectivity index (χ2n) is 8.64. The van der Waals surface area contributed by atoms with Gasteiger partial charge < -0.3 is 0 Å². The van der Waals surface area contributed by atoms with Gasteiger partial charge in [0.05, 0.1) is 0 Å². The van der Waals surface area contributed by atoms with Gasteiger partial charge in [-0.3, -0.25) is 0 Å². The molecule has 0 fully saturated rings. The first-order valence-electron chi connectivity index (χ1n) is 11.2. The molecule has 0 aliphatic heterocycles. The summed E-state index contributed by atoms with van der Waals surface area (Å²) in [5, 5.41) is 2.61. The molecule has 0 bridgehead atoms. The summed E-state index contributed by atoms with van der Waals surface area (Å²) in [6.45, 7) is 2.26. The number of thiophene rings is 1. The van der Waals surface area contributed by atoms with Gasteiger partial charge in [0, 0.05) is 21.6 Å². The Morgan fingerprint density at radius 3 is 2.22 bits per heavy atom. The molecule has 6 rings (SSSR count). The molecule has 1 heteroatoms. The lowest BCUT2D eigenvalue weighted by atomic mass is 9.68. The van der Waals surface area contributed by atoms with Crippen molar-refractivity contribution in [2.45, 2.75) is 18.8 Å². The van der Waals surface area contributed by atoms with Gasteiger partial charge in [0.15, 0.2) is 0 Å². The van der Waals surface area contributed by atoms with Crippen LogP contribution < -0.4 is 0 Å². The highest BCUT2D eigenvalue weighted by Crippen LogP contribution is 2.48. The summed E-state index contributed by atoms with van der Waals surface area (Å²) in [5.74, 6) is 0.941. The molecule has 154 valence electrons. The van der Waals surface area contributed by atoms with Gasteiger partial charge in [0.1, 0.15) is 0 Å². The molecular weight excluding hydrogens is 404 g/mol. The summed E-state index contributed by atoms with van der Waals surface area (Å²) in [5.41, 5.74) is 6.92. The zero-order chi connectivity index (χ0) is 21.5. The van der Waals surface area contributed by atoms with E-state index >= 15 is 0 Å². The third-order valence-corrected chi connectivity index (χ3v) is 7.84. The summed E-state index contributed by atoms with van der Waals surface area (Å²) in [6, 6.07) is 39.8. The Morgan fingerprint density at radius 1 is 0.625 bits per heavy atom. The van der Waals surface area contributed by atoms with E-state index in [1.165, 1.54) is 48.4 Å². The lowest BCUT2D eigenvalue weighted by Crippen LogP contribution is -2.19. The van der Waals surface area contributed by atoms with Crippen LogP contribution in [0.25, 0.3) is 31.7 Å². The van der Waals surface area contributed by atoms with E-state index in [9.17, 15) is 0 Å². The second-order valence-corrected chi connectivity index (χ2v) is 9.72. The first-order valence-corrected chi connectivity index (χ1v) is 12.0. The molecule has 1 aliphatic rings. The highest BCUT2D eigenvalue weighted by Gasteiger charge is 2.32. The number of rotatable bonds is 4. The van der Waals surface area contributed by atoms with Gasteiger partial charge in [0.25, 0.3) is 0 Å². The second kappa shape index (κ2) is 7.93. The molecule has 1 aliphatic carbocycles. The quantitative estimate of drug-likeness (QED) is 0.250. The molecule has 2 atom stereocenters. The van der Waals surface area contributed by atoms with Crippen LogP contribution in [0.4, 0.5) is 0 Å². The topological polar surface area (TPSA) is 0 Å². The third kappa shape index (κ3) is 3.30. The van der Waals surface area contributed by atoms with Crippen LogP contribution in [0.15, 0.2) is 121 Å². The maximum absolute atomic E-state index is 2.42. The van der Waals surface area contributed by atoms with Crippen molar-refractivity contribution in [3.05, 3.63) is 132 Å². The van der Waals surface area contributed by atoms with Crippen LogP contribution in [0.5, 0.6) is 0 Å². The van der Waals surface area contributed by atoms with Crippen LogP contribution in [0.1, 0.15) is 29.9 Å². The van der Waals surface area contributed by atoms with E-state index in [0.717, 1.165) is 0 Å². The van der Waals surface area contributed by atoms with E-state index in [1.54, 1.807) is 0 Å². The fourth-order valence-electron chi connectivity index (χ4n) is 5.04. The fraction of sp³-hybridized carbons (Fsp3) is 0.0968. The van der Waals surface area contributed by atoms with E-state index in [2.05, 4.69) is 122 Å². The van der Waals surface area contributed by atoms with Crippen LogP contribution >= 0.6 is 11.3 Å². The monoisotopic (exact) mass is 428 g/mol. The average molecular weight is 429 g/mol. The van der Waals surface area contributed by atoms with Gasteiger partial charge in [-0.25, -0.2) is 0 Å². The fourth-order valence-corrected chi connectivity index (χ4v) is 6.09. The molecule has 32 heavy (non-hydrogen) atoms. The Balaban J connectivity index is 1.34. The predicted octanol–water partition coefficient (Wildman–Crippen LogP) is 9.06. The van der Waals surface area contributed by atoms with Crippen molar-refractivity contribution in [2.24, 2.45) is 0 Å². The van der Waals surface area contributed by atoms with E-state index in [4.69, 9.17) is 0 Å². The van der Waals surface area contributed by atoms with Crippen molar-refractivity contribution in [1.82, 2.24) is 0 Å². The average Bonchev–Trinajstić information content (AvgIpc) is 3.33. The standard InChI is InChI=1S/C31H24S/c1-21-19-28(31(21)23-10-3-2-4-11-23)24-13-7-14-25(20-24)29-17-18-30(32-29)27-16-8-12-22-9-5-6-15-26(22)27/h2-20,28,31H,1H3. The normalized spacial score (nSPS) is 17.7. The highest BCUT2D eigenvalue weighted by atomic mass is 32.1. The van der Waals surface area contributed by atoms with Crippen molar-refractivity contribution >= 4 is 22.1 Å². The van der Waals surface area contributed by atoms with Gasteiger partial charge in [-0.1, -0.05) is 103 Å². The third-order valence-electron chi connectivity index (χ3n) is 6.67. The number of allylic oxidation sites excluding steroid dienone is 2. The Bertz CT molecular complexity index is 1430. The van der Waals surface area contributed by atoms with Crippen molar-refractivity contribution in [1.29, 1.82) is 0 Å². The van der Waals surface area contributed by atoms with Gasteiger partial charge in [-0.2, -0.15) is 0 Å². The molecular formula is C31H24S. The van der Waals surface area contributed by atoms with E-state index in [-0.39, 0.29) is 0 Å². The van der Waals surface area contributed by atoms with Crippen LogP contribution in [0.2, 0.25) is 0 Å². The predicted molar refractivity (Wildman–Crippen MR) is 138 cm³/mol. The first-order chi connectivity index (χ1) is 15.8. The first kappa shape index (κ1) is 19.3. The van der Waals surface area contributed by atoms with Crippen LogP contribution in [0.3, 0.4) is 0 Å². The Morgan fingerprint density at radius 2 is 1.34 bits per heavy atom. The smallest absolute Gasteiger partial charge is 0.0355 e. The van der Waals surface area contributed by atoms with Crippen LogP contribution in [0, 0.1) is 0 Å². The minimum Gasteiger partial charge on any atom is -0.135 e. The maximum Gasteiger partial charge on any atom is 0.0355 e. The summed E-state index contributed by atoms with van der Waals surface area (Å²) in [4.78, 5) is 2.65. The van der Waals surface area contributed by atoms with Crippen molar-refractivity contribution in [3.63, 3.8) is 0 Å². The maximum atomic E-state index is 2.42.